The molecule has 0 saturated heterocycles. The second-order valence-corrected chi connectivity index (χ2v) is 5.28. The first-order valence-electron chi connectivity index (χ1n) is 8.02. The van der Waals surface area contributed by atoms with Gasteiger partial charge in [0, 0.05) is 17.8 Å². The molecule has 24 heavy (non-hydrogen) atoms. The third-order valence-electron chi connectivity index (χ3n) is 3.42. The lowest BCUT2D eigenvalue weighted by Gasteiger charge is -2.09. The fourth-order valence-electron chi connectivity index (χ4n) is 2.20. The van der Waals surface area contributed by atoms with E-state index < -0.39 is 0 Å². The molecule has 0 heterocycles. The quantitative estimate of drug-likeness (QED) is 0.822. The first-order chi connectivity index (χ1) is 11.6. The van der Waals surface area contributed by atoms with E-state index in [1.54, 1.807) is 24.3 Å². The highest BCUT2D eigenvalue weighted by Gasteiger charge is 2.08. The summed E-state index contributed by atoms with van der Waals surface area (Å²) < 4.78 is 5.51. The molecule has 0 spiro atoms. The molecule has 2 aromatic rings. The SMILES string of the molecule is CCNC(=O)c1cccc(NC(=O)COc2cccc(CC)c2)c1. The summed E-state index contributed by atoms with van der Waals surface area (Å²) in [5.74, 6) is 0.228. The van der Waals surface area contributed by atoms with E-state index in [9.17, 15) is 9.59 Å². The summed E-state index contributed by atoms with van der Waals surface area (Å²) >= 11 is 0. The molecule has 5 heteroatoms. The maximum absolute atomic E-state index is 12.0. The molecule has 0 aliphatic carbocycles. The third-order valence-corrected chi connectivity index (χ3v) is 3.42. The number of aryl methyl sites for hydroxylation is 1. The van der Waals surface area contributed by atoms with Gasteiger partial charge in [-0.15, -0.1) is 0 Å². The standard InChI is InChI=1S/C19H22N2O3/c1-3-14-7-5-10-17(11-14)24-13-18(22)21-16-9-6-8-15(12-16)19(23)20-4-2/h5-12H,3-4,13H2,1-2H3,(H,20,23)(H,21,22). The number of amides is 2. The van der Waals surface area contributed by atoms with Crippen LogP contribution in [0.4, 0.5) is 5.69 Å². The van der Waals surface area contributed by atoms with Crippen LogP contribution in [0.3, 0.4) is 0 Å². The minimum Gasteiger partial charge on any atom is -0.484 e. The Hall–Kier alpha value is -2.82. The Morgan fingerprint density at radius 3 is 2.58 bits per heavy atom. The van der Waals surface area contributed by atoms with Crippen LogP contribution in [0.25, 0.3) is 0 Å². The monoisotopic (exact) mass is 326 g/mol. The highest BCUT2D eigenvalue weighted by molar-refractivity contribution is 5.97. The number of ether oxygens (including phenoxy) is 1. The molecule has 126 valence electrons. The van der Waals surface area contributed by atoms with E-state index in [4.69, 9.17) is 4.74 Å². The molecule has 0 saturated carbocycles. The van der Waals surface area contributed by atoms with E-state index in [1.807, 2.05) is 31.2 Å². The van der Waals surface area contributed by atoms with Gasteiger partial charge in [-0.3, -0.25) is 9.59 Å². The molecule has 0 bridgehead atoms. The van der Waals surface area contributed by atoms with E-state index in [0.717, 1.165) is 12.0 Å². The number of carbonyl (C=O) groups excluding carboxylic acids is 2. The van der Waals surface area contributed by atoms with Gasteiger partial charge in [0.15, 0.2) is 6.61 Å². The number of rotatable bonds is 7. The van der Waals surface area contributed by atoms with Crippen LogP contribution in [0.15, 0.2) is 48.5 Å². The van der Waals surface area contributed by atoms with Crippen LogP contribution in [0, 0.1) is 0 Å². The van der Waals surface area contributed by atoms with Crippen molar-refractivity contribution in [3.05, 3.63) is 59.7 Å². The Balaban J connectivity index is 1.92. The van der Waals surface area contributed by atoms with Gasteiger partial charge in [0.25, 0.3) is 11.8 Å². The number of hydrogen-bond donors (Lipinski definition) is 2. The van der Waals surface area contributed by atoms with Crippen molar-refractivity contribution in [2.45, 2.75) is 20.3 Å². The smallest absolute Gasteiger partial charge is 0.262 e. The Labute approximate surface area is 142 Å². The molecule has 5 nitrogen and oxygen atoms in total. The van der Waals surface area contributed by atoms with Crippen LogP contribution in [-0.2, 0) is 11.2 Å². The number of benzene rings is 2. The molecular formula is C19H22N2O3. The van der Waals surface area contributed by atoms with E-state index in [1.165, 1.54) is 0 Å². The molecule has 2 N–H and O–H groups in total. The molecule has 0 atom stereocenters. The van der Waals surface area contributed by atoms with Crippen molar-refractivity contribution >= 4 is 17.5 Å². The lowest BCUT2D eigenvalue weighted by molar-refractivity contribution is -0.118. The maximum Gasteiger partial charge on any atom is 0.262 e. The molecule has 0 aliphatic heterocycles. The Kier molecular flexibility index (Phi) is 6.37. The van der Waals surface area contributed by atoms with Crippen LogP contribution in [-0.4, -0.2) is 25.0 Å². The van der Waals surface area contributed by atoms with E-state index in [0.29, 0.717) is 23.5 Å². The van der Waals surface area contributed by atoms with Crippen molar-refractivity contribution in [3.63, 3.8) is 0 Å². The van der Waals surface area contributed by atoms with E-state index >= 15 is 0 Å². The topological polar surface area (TPSA) is 67.4 Å². The largest absolute Gasteiger partial charge is 0.484 e. The van der Waals surface area contributed by atoms with Crippen molar-refractivity contribution in [3.8, 4) is 5.75 Å². The van der Waals surface area contributed by atoms with Crippen molar-refractivity contribution in [1.82, 2.24) is 5.32 Å². The lowest BCUT2D eigenvalue weighted by Crippen LogP contribution is -2.23. The first-order valence-corrected chi connectivity index (χ1v) is 8.02. The van der Waals surface area contributed by atoms with Gasteiger partial charge in [0.1, 0.15) is 5.75 Å². The third kappa shape index (κ3) is 5.12. The molecule has 0 aromatic heterocycles. The average molecular weight is 326 g/mol. The van der Waals surface area contributed by atoms with Crippen LogP contribution in [0.5, 0.6) is 5.75 Å². The summed E-state index contributed by atoms with van der Waals surface area (Å²) in [6.07, 6.45) is 0.913. The normalized spacial score (nSPS) is 10.1. The molecule has 2 rings (SSSR count). The van der Waals surface area contributed by atoms with Gasteiger partial charge in [-0.05, 0) is 49.2 Å². The van der Waals surface area contributed by atoms with Gasteiger partial charge in [-0.2, -0.15) is 0 Å². The summed E-state index contributed by atoms with van der Waals surface area (Å²) in [5.41, 5.74) is 2.23. The van der Waals surface area contributed by atoms with Crippen LogP contribution >= 0.6 is 0 Å². The van der Waals surface area contributed by atoms with Crippen molar-refractivity contribution in [2.75, 3.05) is 18.5 Å². The Morgan fingerprint density at radius 2 is 1.83 bits per heavy atom. The molecule has 0 aliphatic rings. The summed E-state index contributed by atoms with van der Waals surface area (Å²) in [6, 6.07) is 14.5. The zero-order valence-electron chi connectivity index (χ0n) is 14.0. The molecule has 2 amide bonds. The Bertz CT molecular complexity index is 713. The van der Waals surface area contributed by atoms with Crippen molar-refractivity contribution in [1.29, 1.82) is 0 Å². The minimum absolute atomic E-state index is 0.0848. The number of anilines is 1. The maximum atomic E-state index is 12.0. The molecular weight excluding hydrogens is 304 g/mol. The molecule has 0 fully saturated rings. The summed E-state index contributed by atoms with van der Waals surface area (Å²) in [6.45, 7) is 4.39. The molecule has 2 aromatic carbocycles. The first kappa shape index (κ1) is 17.5. The number of nitrogens with one attached hydrogen (secondary N) is 2. The summed E-state index contributed by atoms with van der Waals surface area (Å²) in [5, 5.41) is 5.46. The molecule has 0 unspecified atom stereocenters. The number of hydrogen-bond acceptors (Lipinski definition) is 3. The second kappa shape index (κ2) is 8.72. The Morgan fingerprint density at radius 1 is 1.04 bits per heavy atom. The summed E-state index contributed by atoms with van der Waals surface area (Å²) in [7, 11) is 0. The zero-order valence-corrected chi connectivity index (χ0v) is 14.0. The second-order valence-electron chi connectivity index (χ2n) is 5.28. The van der Waals surface area contributed by atoms with Gasteiger partial charge in [0.2, 0.25) is 0 Å². The van der Waals surface area contributed by atoms with E-state index in [2.05, 4.69) is 17.6 Å². The minimum atomic E-state index is -0.273. The summed E-state index contributed by atoms with van der Waals surface area (Å²) in [4.78, 5) is 23.8. The van der Waals surface area contributed by atoms with Crippen LogP contribution in [0.2, 0.25) is 0 Å². The highest BCUT2D eigenvalue weighted by Crippen LogP contribution is 2.14. The van der Waals surface area contributed by atoms with E-state index in [-0.39, 0.29) is 18.4 Å². The van der Waals surface area contributed by atoms with Crippen molar-refractivity contribution < 1.29 is 14.3 Å². The lowest BCUT2D eigenvalue weighted by atomic mass is 10.2. The van der Waals surface area contributed by atoms with Crippen molar-refractivity contribution in [2.24, 2.45) is 0 Å². The molecule has 0 radical (unpaired) electrons. The number of carbonyl (C=O) groups is 2. The van der Waals surface area contributed by atoms with Gasteiger partial charge in [-0.1, -0.05) is 25.1 Å². The van der Waals surface area contributed by atoms with Gasteiger partial charge in [0.05, 0.1) is 0 Å². The fraction of sp³-hybridized carbons (Fsp3) is 0.263. The highest BCUT2D eigenvalue weighted by atomic mass is 16.5. The predicted octanol–water partition coefficient (Wildman–Crippen LogP) is 3.02. The zero-order chi connectivity index (χ0) is 17.4. The van der Waals surface area contributed by atoms with Gasteiger partial charge < -0.3 is 15.4 Å². The fourth-order valence-corrected chi connectivity index (χ4v) is 2.20. The van der Waals surface area contributed by atoms with Gasteiger partial charge >= 0.3 is 0 Å². The van der Waals surface area contributed by atoms with Crippen LogP contribution in [0.1, 0.15) is 29.8 Å². The predicted molar refractivity (Wildman–Crippen MR) is 94.4 cm³/mol. The van der Waals surface area contributed by atoms with Crippen LogP contribution < -0.4 is 15.4 Å². The average Bonchev–Trinajstić information content (AvgIpc) is 2.60. The van der Waals surface area contributed by atoms with Gasteiger partial charge in [-0.25, -0.2) is 0 Å².